The summed E-state index contributed by atoms with van der Waals surface area (Å²) < 4.78 is 1.70. The molecule has 4 amide bonds. The van der Waals surface area contributed by atoms with Crippen molar-refractivity contribution in [3.63, 3.8) is 0 Å². The van der Waals surface area contributed by atoms with E-state index in [9.17, 15) is 14.4 Å². The van der Waals surface area contributed by atoms with E-state index in [4.69, 9.17) is 0 Å². The number of nitrogens with one attached hydrogen (secondary N) is 2. The molecule has 0 saturated carbocycles. The zero-order valence-electron chi connectivity index (χ0n) is 18.7. The lowest BCUT2D eigenvalue weighted by atomic mass is 9.87. The number of aromatic nitrogens is 4. The number of imide groups is 1. The lowest BCUT2D eigenvalue weighted by Crippen LogP contribution is -2.49. The molecule has 2 aromatic carbocycles. The number of hydrazine groups is 1. The van der Waals surface area contributed by atoms with Crippen LogP contribution in [0.2, 0.25) is 0 Å². The zero-order chi connectivity index (χ0) is 24.4. The summed E-state index contributed by atoms with van der Waals surface area (Å²) in [6, 6.07) is 17.9. The Morgan fingerprint density at radius 2 is 1.77 bits per heavy atom. The summed E-state index contributed by atoms with van der Waals surface area (Å²) in [7, 11) is 0. The smallest absolute Gasteiger partial charge is 0.318 e. The maximum atomic E-state index is 13.2. The summed E-state index contributed by atoms with van der Waals surface area (Å²) in [5.41, 5.74) is 3.34. The number of amides is 4. The molecule has 2 N–H and O–H groups in total. The van der Waals surface area contributed by atoms with Gasteiger partial charge in [-0.1, -0.05) is 67.2 Å². The number of thioether (sulfide) groups is 1. The Morgan fingerprint density at radius 3 is 2.49 bits per heavy atom. The number of nitrogens with zero attached hydrogens (tertiary/aromatic N) is 5. The second-order valence-corrected chi connectivity index (χ2v) is 8.79. The molecule has 1 fully saturated rings. The summed E-state index contributed by atoms with van der Waals surface area (Å²) in [5.74, 6) is -1.10. The molecule has 11 heteroatoms. The third-order valence-corrected chi connectivity index (χ3v) is 6.80. The molecule has 0 bridgehead atoms. The number of carbonyl (C=O) groups is 3. The Kier molecular flexibility index (Phi) is 5.91. The van der Waals surface area contributed by atoms with Crippen LogP contribution >= 0.6 is 11.8 Å². The van der Waals surface area contributed by atoms with Gasteiger partial charge in [0.25, 0.3) is 5.91 Å². The highest BCUT2D eigenvalue weighted by Crippen LogP contribution is 2.32. The molecule has 35 heavy (non-hydrogen) atoms. The molecule has 1 unspecified atom stereocenters. The van der Waals surface area contributed by atoms with Gasteiger partial charge in [-0.2, -0.15) is 10.1 Å². The molecule has 0 aliphatic carbocycles. The molecule has 1 saturated heterocycles. The van der Waals surface area contributed by atoms with E-state index in [0.717, 1.165) is 10.7 Å². The van der Waals surface area contributed by atoms with Gasteiger partial charge in [-0.05, 0) is 24.1 Å². The van der Waals surface area contributed by atoms with Crippen molar-refractivity contribution in [1.29, 1.82) is 0 Å². The van der Waals surface area contributed by atoms with Crippen molar-refractivity contribution in [1.82, 2.24) is 35.5 Å². The van der Waals surface area contributed by atoms with E-state index in [2.05, 4.69) is 25.8 Å². The monoisotopic (exact) mass is 487 g/mol. The van der Waals surface area contributed by atoms with Gasteiger partial charge in [0.15, 0.2) is 5.65 Å². The molecule has 10 nitrogen and oxygen atoms in total. The number of fused-ring (bicyclic) bond motifs is 1. The third-order valence-electron chi connectivity index (χ3n) is 5.80. The molecule has 4 aromatic rings. The summed E-state index contributed by atoms with van der Waals surface area (Å²) in [4.78, 5) is 47.1. The lowest BCUT2D eigenvalue weighted by molar-refractivity contribution is -0.138. The van der Waals surface area contributed by atoms with E-state index in [1.807, 2.05) is 43.3 Å². The Balaban J connectivity index is 1.30. The van der Waals surface area contributed by atoms with Crippen molar-refractivity contribution in [2.75, 3.05) is 5.75 Å². The maximum Gasteiger partial charge on any atom is 0.344 e. The van der Waals surface area contributed by atoms with Gasteiger partial charge in [0.1, 0.15) is 16.9 Å². The van der Waals surface area contributed by atoms with Crippen LogP contribution in [0.25, 0.3) is 16.7 Å². The van der Waals surface area contributed by atoms with Crippen LogP contribution in [0.3, 0.4) is 0 Å². The highest BCUT2D eigenvalue weighted by Gasteiger charge is 2.52. The minimum Gasteiger partial charge on any atom is -0.318 e. The van der Waals surface area contributed by atoms with Crippen LogP contribution in [0.1, 0.15) is 18.9 Å². The summed E-state index contributed by atoms with van der Waals surface area (Å²) in [6.07, 6.45) is 3.40. The first-order chi connectivity index (χ1) is 17.0. The fourth-order valence-electron chi connectivity index (χ4n) is 4.03. The predicted octanol–water partition coefficient (Wildman–Crippen LogP) is 2.80. The summed E-state index contributed by atoms with van der Waals surface area (Å²) in [6.45, 7) is 1.81. The summed E-state index contributed by atoms with van der Waals surface area (Å²) >= 11 is 1.17. The van der Waals surface area contributed by atoms with Gasteiger partial charge >= 0.3 is 6.03 Å². The third kappa shape index (κ3) is 3.99. The number of carbonyl (C=O) groups excluding carboxylic acids is 3. The second kappa shape index (κ2) is 9.18. The maximum absolute atomic E-state index is 13.2. The molecule has 3 heterocycles. The molecule has 2 aromatic heterocycles. The SMILES string of the molecule is CCC1(c2ccccc2)NC(=O)N(NC(=O)CSc2ncnc3c2cnn3-c2ccccc2)C1=O. The number of hydrogen-bond acceptors (Lipinski definition) is 7. The average molecular weight is 488 g/mol. The predicted molar refractivity (Wildman–Crippen MR) is 129 cm³/mol. The number of hydrogen-bond donors (Lipinski definition) is 2. The van der Waals surface area contributed by atoms with Gasteiger partial charge in [-0.25, -0.2) is 19.4 Å². The Labute approximate surface area is 204 Å². The van der Waals surface area contributed by atoms with Crippen LogP contribution in [-0.4, -0.2) is 48.4 Å². The zero-order valence-corrected chi connectivity index (χ0v) is 19.5. The van der Waals surface area contributed by atoms with Crippen LogP contribution < -0.4 is 10.7 Å². The Bertz CT molecular complexity index is 1410. The standard InChI is InChI=1S/C24H21N7O3S/c1-2-24(16-9-5-3-6-10-16)22(33)31(23(34)28-24)29-19(32)14-35-21-18-13-27-30(20(18)25-15-26-21)17-11-7-4-8-12-17/h3-13,15H,2,14H2,1H3,(H,28,34)(H,29,32). The van der Waals surface area contributed by atoms with Gasteiger partial charge in [0, 0.05) is 0 Å². The van der Waals surface area contributed by atoms with Crippen molar-refractivity contribution in [2.45, 2.75) is 23.9 Å². The number of para-hydroxylation sites is 1. The lowest BCUT2D eigenvalue weighted by Gasteiger charge is -2.25. The van der Waals surface area contributed by atoms with Crippen molar-refractivity contribution >= 4 is 40.6 Å². The largest absolute Gasteiger partial charge is 0.344 e. The van der Waals surface area contributed by atoms with Gasteiger partial charge in [-0.15, -0.1) is 0 Å². The Hall–Kier alpha value is -4.25. The molecule has 176 valence electrons. The molecule has 1 aliphatic rings. The normalized spacial score (nSPS) is 17.6. The minimum absolute atomic E-state index is 0.0653. The fraction of sp³-hybridized carbons (Fsp3) is 0.167. The number of rotatable bonds is 7. The van der Waals surface area contributed by atoms with E-state index < -0.39 is 23.4 Å². The van der Waals surface area contributed by atoms with Crippen LogP contribution in [0.5, 0.6) is 0 Å². The first kappa shape index (κ1) is 22.5. The topological polar surface area (TPSA) is 122 Å². The second-order valence-electron chi connectivity index (χ2n) is 7.83. The van der Waals surface area contributed by atoms with Crippen LogP contribution in [-0.2, 0) is 15.1 Å². The number of benzene rings is 2. The highest BCUT2D eigenvalue weighted by atomic mass is 32.2. The highest BCUT2D eigenvalue weighted by molar-refractivity contribution is 8.00. The van der Waals surface area contributed by atoms with Crippen LogP contribution in [0.15, 0.2) is 78.2 Å². The molecule has 1 aliphatic heterocycles. The van der Waals surface area contributed by atoms with Gasteiger partial charge in [0.2, 0.25) is 5.91 Å². The Morgan fingerprint density at radius 1 is 1.06 bits per heavy atom. The first-order valence-corrected chi connectivity index (χ1v) is 11.9. The van der Waals surface area contributed by atoms with E-state index in [1.165, 1.54) is 18.1 Å². The van der Waals surface area contributed by atoms with E-state index in [1.54, 1.807) is 35.1 Å². The van der Waals surface area contributed by atoms with Crippen molar-refractivity contribution in [2.24, 2.45) is 0 Å². The molecular formula is C24H21N7O3S. The minimum atomic E-state index is -1.22. The fourth-order valence-corrected chi connectivity index (χ4v) is 4.78. The van der Waals surface area contributed by atoms with Crippen LogP contribution in [0, 0.1) is 0 Å². The van der Waals surface area contributed by atoms with Crippen molar-refractivity contribution in [3.05, 3.63) is 78.8 Å². The molecular weight excluding hydrogens is 466 g/mol. The quantitative estimate of drug-likeness (QED) is 0.233. The van der Waals surface area contributed by atoms with Gasteiger partial charge < -0.3 is 5.32 Å². The molecule has 0 spiro atoms. The van der Waals surface area contributed by atoms with Gasteiger partial charge in [0.05, 0.1) is 23.0 Å². The van der Waals surface area contributed by atoms with E-state index in [0.29, 0.717) is 28.0 Å². The van der Waals surface area contributed by atoms with E-state index in [-0.39, 0.29) is 5.75 Å². The molecule has 5 rings (SSSR count). The van der Waals surface area contributed by atoms with Gasteiger partial charge in [-0.3, -0.25) is 15.0 Å². The van der Waals surface area contributed by atoms with E-state index >= 15 is 0 Å². The van der Waals surface area contributed by atoms with Crippen LogP contribution in [0.4, 0.5) is 4.79 Å². The first-order valence-electron chi connectivity index (χ1n) is 10.9. The molecule has 1 atom stereocenters. The molecule has 0 radical (unpaired) electrons. The van der Waals surface area contributed by atoms with Crippen molar-refractivity contribution in [3.8, 4) is 5.69 Å². The average Bonchev–Trinajstić information content (AvgIpc) is 3.44. The summed E-state index contributed by atoms with van der Waals surface area (Å²) in [5, 5.41) is 9.16. The van der Waals surface area contributed by atoms with Crippen molar-refractivity contribution < 1.29 is 14.4 Å². The number of urea groups is 1.